The van der Waals surface area contributed by atoms with Crippen LogP contribution in [0.5, 0.6) is 0 Å². The molecular weight excluding hydrogens is 679 g/mol. The second-order valence-corrected chi connectivity index (χ2v) is 31.4. The minimum absolute atomic E-state index is 0. The van der Waals surface area contributed by atoms with Crippen molar-refractivity contribution in [3.63, 3.8) is 0 Å². The zero-order valence-corrected chi connectivity index (χ0v) is 35.1. The number of aryl methyl sites for hydroxylation is 1. The van der Waals surface area contributed by atoms with Crippen LogP contribution in [0.3, 0.4) is 0 Å². The fraction of sp³-hybridized carbons (Fsp3) is 0.465. The first kappa shape index (κ1) is 38.9. The Hall–Kier alpha value is -1.53. The molecule has 3 heteroatoms. The van der Waals surface area contributed by atoms with Crippen LogP contribution >= 0.6 is 24.8 Å². The molecule has 1 atom stereocenters. The van der Waals surface area contributed by atoms with E-state index in [-0.39, 0.29) is 41.1 Å². The Morgan fingerprint density at radius 2 is 1.35 bits per heavy atom. The predicted molar refractivity (Wildman–Crippen MR) is 209 cm³/mol. The molecule has 5 rings (SSSR count). The summed E-state index contributed by atoms with van der Waals surface area (Å²) in [7, 11) is 0. The number of allylic oxidation sites excluding steroid dienone is 4. The van der Waals surface area contributed by atoms with Crippen LogP contribution in [-0.2, 0) is 35.5 Å². The van der Waals surface area contributed by atoms with Crippen LogP contribution in [0.15, 0.2) is 75.1 Å². The van der Waals surface area contributed by atoms with Gasteiger partial charge < -0.3 is 0 Å². The average molecular weight is 739 g/mol. The van der Waals surface area contributed by atoms with Gasteiger partial charge in [0.1, 0.15) is 0 Å². The van der Waals surface area contributed by atoms with Gasteiger partial charge in [0.2, 0.25) is 0 Å². The zero-order valence-electron chi connectivity index (χ0n) is 31.0. The third kappa shape index (κ3) is 6.21. The summed E-state index contributed by atoms with van der Waals surface area (Å²) < 4.78 is 13.3. The first-order valence-corrected chi connectivity index (χ1v) is 25.0. The first-order chi connectivity index (χ1) is 20.2. The molecule has 250 valence electrons. The maximum absolute atomic E-state index is 5.76. The van der Waals surface area contributed by atoms with Crippen LogP contribution in [0.4, 0.5) is 0 Å². The van der Waals surface area contributed by atoms with E-state index in [9.17, 15) is 0 Å². The van der Waals surface area contributed by atoms with Crippen LogP contribution in [0.2, 0.25) is 4.63 Å². The fourth-order valence-electron chi connectivity index (χ4n) is 8.65. The number of hydrogen-bond acceptors (Lipinski definition) is 0. The van der Waals surface area contributed by atoms with Gasteiger partial charge in [-0.25, -0.2) is 0 Å². The van der Waals surface area contributed by atoms with Gasteiger partial charge in [0, 0.05) is 0 Å². The Morgan fingerprint density at radius 1 is 0.761 bits per heavy atom. The van der Waals surface area contributed by atoms with Crippen LogP contribution in [0.1, 0.15) is 117 Å². The molecule has 46 heavy (non-hydrogen) atoms. The molecule has 2 aliphatic rings. The van der Waals surface area contributed by atoms with E-state index < -0.39 is 18.3 Å². The molecule has 0 bridgehead atoms. The van der Waals surface area contributed by atoms with E-state index >= 15 is 0 Å². The third-order valence-electron chi connectivity index (χ3n) is 11.0. The Bertz CT molecular complexity index is 1760. The molecule has 2 aliphatic carbocycles. The van der Waals surface area contributed by atoms with Crippen molar-refractivity contribution in [2.45, 2.75) is 118 Å². The Labute approximate surface area is 295 Å². The molecule has 0 aromatic heterocycles. The standard InChI is InChI=1S/C21H25.C13H21.C7H7.CH3.CH2.2ClH.Zr/c1-20(2,3)16-7-9-18-14(12-16)11-15-13-17(21(4,5)6)8-10-19(15)18;1-6-10-8-11(7-2)12(9-10)13(3,4)5;1-7-5-3-2-4-6-7;;;;;/h7-10,12H,11H2,1-6H3;9-10H,6-7H2,1-5H3;3-6H,1H3;1H3;1H2;2*1H;. The summed E-state index contributed by atoms with van der Waals surface area (Å²) in [6, 6.07) is 21.9. The van der Waals surface area contributed by atoms with Gasteiger partial charge >= 0.3 is 272 Å². The first-order valence-electron chi connectivity index (χ1n) is 17.1. The zero-order chi connectivity index (χ0) is 32.6. The average Bonchev–Trinajstić information content (AvgIpc) is 3.50. The van der Waals surface area contributed by atoms with E-state index in [0.29, 0.717) is 5.92 Å². The molecule has 0 aliphatic heterocycles. The van der Waals surface area contributed by atoms with Gasteiger partial charge in [-0.1, -0.05) is 0 Å². The van der Waals surface area contributed by atoms with Gasteiger partial charge in [-0.05, 0) is 0 Å². The fourth-order valence-corrected chi connectivity index (χ4v) is 24.8. The molecule has 0 fully saturated rings. The van der Waals surface area contributed by atoms with Crippen molar-refractivity contribution in [2.75, 3.05) is 0 Å². The second kappa shape index (κ2) is 12.7. The molecule has 0 heterocycles. The van der Waals surface area contributed by atoms with Crippen molar-refractivity contribution < 1.29 is 18.3 Å². The van der Waals surface area contributed by atoms with Crippen LogP contribution in [0, 0.1) is 18.3 Å². The van der Waals surface area contributed by atoms with E-state index in [1.54, 1.807) is 23.3 Å². The monoisotopic (exact) mass is 736 g/mol. The van der Waals surface area contributed by atoms with Crippen LogP contribution in [0.25, 0.3) is 11.1 Å². The van der Waals surface area contributed by atoms with Crippen LogP contribution in [-0.4, -0.2) is 4.21 Å². The molecule has 0 saturated heterocycles. The summed E-state index contributed by atoms with van der Waals surface area (Å²) in [6.07, 6.45) is 5.84. The molecule has 0 spiro atoms. The molecule has 0 amide bonds. The molecular formula is C43H60Cl2Zr. The van der Waals surface area contributed by atoms with Crippen molar-refractivity contribution in [1.82, 2.24) is 0 Å². The number of rotatable bonds is 5. The van der Waals surface area contributed by atoms with E-state index in [4.69, 9.17) is 4.21 Å². The van der Waals surface area contributed by atoms with E-state index in [1.165, 1.54) is 36.7 Å². The molecule has 0 saturated carbocycles. The Kier molecular flexibility index (Phi) is 10.8. The number of halogens is 2. The summed E-state index contributed by atoms with van der Waals surface area (Å²) in [5.41, 5.74) is 13.5. The Balaban J connectivity index is 0.00000288. The van der Waals surface area contributed by atoms with Crippen molar-refractivity contribution >= 4 is 35.6 Å². The van der Waals surface area contributed by atoms with Gasteiger partial charge in [0.15, 0.2) is 0 Å². The van der Waals surface area contributed by atoms with Crippen molar-refractivity contribution in [2.24, 2.45) is 11.3 Å². The van der Waals surface area contributed by atoms with Gasteiger partial charge in [-0.15, -0.1) is 24.8 Å². The normalized spacial score (nSPS) is 16.8. The minimum atomic E-state index is -4.57. The van der Waals surface area contributed by atoms with Crippen molar-refractivity contribution in [3.8, 4) is 11.1 Å². The summed E-state index contributed by atoms with van der Waals surface area (Å²) >= 11 is -4.57. The van der Waals surface area contributed by atoms with Crippen molar-refractivity contribution in [1.29, 1.82) is 0 Å². The van der Waals surface area contributed by atoms with Gasteiger partial charge in [-0.2, -0.15) is 0 Å². The molecule has 1 unspecified atom stereocenters. The quantitative estimate of drug-likeness (QED) is 0.191. The van der Waals surface area contributed by atoms with Gasteiger partial charge in [-0.3, -0.25) is 0 Å². The topological polar surface area (TPSA) is 0 Å². The SMILES string of the molecule is Cl.Cl.[CH2]=[Zr]([CH3])([C]1=C(CC)C(C(C)(C)C)=CC1CC)([c]1ccc(C)cc1)[c]1c(C(C)(C)C)ccc2c1Cc1cc(C(C)(C)C)ccc1-2. The summed E-state index contributed by atoms with van der Waals surface area (Å²) in [5, 5.41) is 0. The summed E-state index contributed by atoms with van der Waals surface area (Å²) in [5.74, 6) is 0.425. The molecule has 0 N–H and O–H groups in total. The molecule has 0 radical (unpaired) electrons. The molecule has 0 nitrogen and oxygen atoms in total. The number of fused-ring (bicyclic) bond motifs is 3. The van der Waals surface area contributed by atoms with E-state index in [2.05, 4.69) is 148 Å². The number of hydrogen-bond donors (Lipinski definition) is 0. The van der Waals surface area contributed by atoms with Gasteiger partial charge in [0.25, 0.3) is 0 Å². The maximum atomic E-state index is 5.76. The second-order valence-electron chi connectivity index (χ2n) is 17.5. The van der Waals surface area contributed by atoms with Gasteiger partial charge in [0.05, 0.1) is 0 Å². The Morgan fingerprint density at radius 3 is 1.85 bits per heavy atom. The van der Waals surface area contributed by atoms with E-state index in [0.717, 1.165) is 19.3 Å². The summed E-state index contributed by atoms with van der Waals surface area (Å²) in [6.45, 7) is 28.5. The molecule has 3 aromatic carbocycles. The summed E-state index contributed by atoms with van der Waals surface area (Å²) in [4.78, 5) is 0. The third-order valence-corrected chi connectivity index (χ3v) is 25.6. The van der Waals surface area contributed by atoms with Crippen molar-refractivity contribution in [3.05, 3.63) is 103 Å². The van der Waals surface area contributed by atoms with Crippen LogP contribution < -0.4 is 6.54 Å². The van der Waals surface area contributed by atoms with E-state index in [1.807, 2.05) is 0 Å². The molecule has 3 aromatic rings. The predicted octanol–water partition coefficient (Wildman–Crippen LogP) is 11.8. The number of benzene rings is 3.